The summed E-state index contributed by atoms with van der Waals surface area (Å²) in [4.78, 5) is 29.2. The van der Waals surface area contributed by atoms with E-state index in [1.165, 1.54) is 10.7 Å². The van der Waals surface area contributed by atoms with Crippen molar-refractivity contribution >= 4 is 39.1 Å². The van der Waals surface area contributed by atoms with Crippen LogP contribution >= 0.6 is 11.3 Å². The lowest BCUT2D eigenvalue weighted by Gasteiger charge is -2.11. The van der Waals surface area contributed by atoms with E-state index in [0.29, 0.717) is 29.1 Å². The van der Waals surface area contributed by atoms with Crippen LogP contribution in [0.4, 0.5) is 18.9 Å². The Morgan fingerprint density at radius 1 is 1.07 bits per heavy atom. The number of anilines is 1. The second-order valence-electron chi connectivity index (χ2n) is 9.15. The second kappa shape index (κ2) is 9.89. The zero-order chi connectivity index (χ0) is 28.9. The van der Waals surface area contributed by atoms with Crippen LogP contribution in [0.15, 0.2) is 30.6 Å². The van der Waals surface area contributed by atoms with E-state index in [1.54, 1.807) is 28.7 Å². The normalized spacial score (nSPS) is 11.9. The number of alkyl halides is 3. The molecule has 0 radical (unpaired) electrons. The van der Waals surface area contributed by atoms with Crippen molar-refractivity contribution < 1.29 is 22.8 Å². The molecule has 15 heteroatoms. The van der Waals surface area contributed by atoms with Crippen molar-refractivity contribution in [3.05, 3.63) is 63.9 Å². The van der Waals surface area contributed by atoms with Crippen molar-refractivity contribution in [3.63, 3.8) is 0 Å². The molecule has 0 fully saturated rings. The molecule has 208 valence electrons. The lowest BCUT2D eigenvalue weighted by Crippen LogP contribution is -2.18. The van der Waals surface area contributed by atoms with Crippen LogP contribution in [0.2, 0.25) is 0 Å². The molecule has 0 saturated heterocycles. The van der Waals surface area contributed by atoms with E-state index in [9.17, 15) is 22.8 Å². The molecule has 0 spiro atoms. The summed E-state index contributed by atoms with van der Waals surface area (Å²) in [6.07, 6.45) is -1.55. The number of aromatic nitrogens is 7. The number of hydrogen-bond donors (Lipinski definition) is 2. The van der Waals surface area contributed by atoms with Gasteiger partial charge in [0.1, 0.15) is 22.1 Å². The van der Waals surface area contributed by atoms with Gasteiger partial charge in [-0.05, 0) is 51.5 Å². The molecule has 11 nitrogen and oxygen atoms in total. The van der Waals surface area contributed by atoms with Crippen molar-refractivity contribution in [2.45, 2.75) is 47.1 Å². The SMILES string of the molecule is CCn1cc(-c2cc(C(F)(F)F)nc3sc(C(N)=O)c(NC(=O)c4ccn(Cn5nc(C)cc5C)n4)c23)c(C)n1. The second-order valence-corrected chi connectivity index (χ2v) is 10.1. The van der Waals surface area contributed by atoms with Crippen LogP contribution in [0.1, 0.15) is 49.9 Å². The minimum Gasteiger partial charge on any atom is -0.365 e. The number of nitrogens with one attached hydrogen (secondary N) is 1. The highest BCUT2D eigenvalue weighted by Crippen LogP contribution is 2.44. The topological polar surface area (TPSA) is 139 Å². The van der Waals surface area contributed by atoms with Gasteiger partial charge >= 0.3 is 6.18 Å². The molecule has 0 saturated carbocycles. The van der Waals surface area contributed by atoms with Crippen LogP contribution in [0.25, 0.3) is 21.3 Å². The fraction of sp³-hybridized carbons (Fsp3) is 0.280. The third-order valence-corrected chi connectivity index (χ3v) is 7.33. The quantitative estimate of drug-likeness (QED) is 0.297. The number of primary amides is 1. The molecule has 0 aromatic carbocycles. The number of carbonyl (C=O) groups is 2. The van der Waals surface area contributed by atoms with Gasteiger partial charge in [0.15, 0.2) is 5.69 Å². The fourth-order valence-electron chi connectivity index (χ4n) is 4.39. The maximum absolute atomic E-state index is 13.8. The molecule has 3 N–H and O–H groups in total. The van der Waals surface area contributed by atoms with Gasteiger partial charge in [-0.25, -0.2) is 9.67 Å². The molecular formula is C25H24F3N9O2S. The zero-order valence-corrected chi connectivity index (χ0v) is 22.7. The lowest BCUT2D eigenvalue weighted by molar-refractivity contribution is -0.140. The van der Waals surface area contributed by atoms with Crippen LogP contribution in [0.5, 0.6) is 0 Å². The lowest BCUT2D eigenvalue weighted by atomic mass is 10.0. The summed E-state index contributed by atoms with van der Waals surface area (Å²) in [7, 11) is 0. The molecule has 40 heavy (non-hydrogen) atoms. The van der Waals surface area contributed by atoms with Crippen molar-refractivity contribution in [2.75, 3.05) is 5.32 Å². The Kier molecular flexibility index (Phi) is 6.69. The van der Waals surface area contributed by atoms with E-state index in [1.807, 2.05) is 26.8 Å². The largest absolute Gasteiger partial charge is 0.433 e. The Hall–Kier alpha value is -4.53. The minimum absolute atomic E-state index is 0.0210. The highest BCUT2D eigenvalue weighted by Gasteiger charge is 2.35. The van der Waals surface area contributed by atoms with Gasteiger partial charge in [0, 0.05) is 35.6 Å². The number of thiophene rings is 1. The van der Waals surface area contributed by atoms with E-state index in [4.69, 9.17) is 5.73 Å². The summed E-state index contributed by atoms with van der Waals surface area (Å²) in [6.45, 7) is 8.01. The number of nitrogens with two attached hydrogens (primary N) is 1. The van der Waals surface area contributed by atoms with E-state index in [2.05, 4.69) is 25.6 Å². The average Bonchev–Trinajstić information content (AvgIpc) is 3.64. The number of pyridine rings is 1. The molecular weight excluding hydrogens is 547 g/mol. The number of aryl methyl sites for hydroxylation is 4. The number of carbonyl (C=O) groups excluding carboxylic acids is 2. The number of hydrogen-bond acceptors (Lipinski definition) is 7. The first-order chi connectivity index (χ1) is 18.8. The number of nitrogens with zero attached hydrogens (tertiary/aromatic N) is 7. The summed E-state index contributed by atoms with van der Waals surface area (Å²) in [5, 5.41) is 15.8. The highest BCUT2D eigenvalue weighted by molar-refractivity contribution is 7.21. The summed E-state index contributed by atoms with van der Waals surface area (Å²) in [5.41, 5.74) is 7.17. The fourth-order valence-corrected chi connectivity index (χ4v) is 5.39. The Morgan fingerprint density at radius 2 is 1.82 bits per heavy atom. The van der Waals surface area contributed by atoms with Crippen molar-refractivity contribution in [2.24, 2.45) is 5.73 Å². The van der Waals surface area contributed by atoms with Crippen LogP contribution in [0, 0.1) is 20.8 Å². The van der Waals surface area contributed by atoms with Crippen LogP contribution in [-0.2, 0) is 19.4 Å². The average molecular weight is 572 g/mol. The first-order valence-electron chi connectivity index (χ1n) is 12.1. The smallest absolute Gasteiger partial charge is 0.365 e. The van der Waals surface area contributed by atoms with Crippen molar-refractivity contribution in [1.29, 1.82) is 0 Å². The Balaban J connectivity index is 1.60. The maximum Gasteiger partial charge on any atom is 0.433 e. The van der Waals surface area contributed by atoms with E-state index < -0.39 is 23.7 Å². The monoisotopic (exact) mass is 571 g/mol. The number of halogens is 3. The Bertz CT molecular complexity index is 1780. The van der Waals surface area contributed by atoms with Crippen LogP contribution in [0.3, 0.4) is 0 Å². The van der Waals surface area contributed by atoms with Gasteiger partial charge in [-0.3, -0.25) is 19.0 Å². The molecule has 2 amide bonds. The van der Waals surface area contributed by atoms with Gasteiger partial charge in [0.05, 0.1) is 17.1 Å². The predicted molar refractivity (Wildman–Crippen MR) is 142 cm³/mol. The molecule has 5 aromatic heterocycles. The summed E-state index contributed by atoms with van der Waals surface area (Å²) in [5.74, 6) is -1.60. The first kappa shape index (κ1) is 27.1. The predicted octanol–water partition coefficient (Wildman–Crippen LogP) is 4.37. The minimum atomic E-state index is -4.75. The van der Waals surface area contributed by atoms with Gasteiger partial charge in [-0.1, -0.05) is 0 Å². The third kappa shape index (κ3) is 4.95. The molecule has 5 aromatic rings. The van der Waals surface area contributed by atoms with E-state index >= 15 is 0 Å². The molecule has 0 atom stereocenters. The highest BCUT2D eigenvalue weighted by atomic mass is 32.1. The number of rotatable bonds is 7. The number of amides is 2. The molecule has 5 heterocycles. The summed E-state index contributed by atoms with van der Waals surface area (Å²) < 4.78 is 46.2. The molecule has 0 unspecified atom stereocenters. The molecule has 0 aliphatic carbocycles. The molecule has 0 aliphatic heterocycles. The summed E-state index contributed by atoms with van der Waals surface area (Å²) in [6, 6.07) is 4.28. The third-order valence-electron chi connectivity index (χ3n) is 6.23. The van der Waals surface area contributed by atoms with Gasteiger partial charge in [-0.2, -0.15) is 28.5 Å². The van der Waals surface area contributed by atoms with Gasteiger partial charge in [-0.15, -0.1) is 11.3 Å². The van der Waals surface area contributed by atoms with Crippen molar-refractivity contribution in [1.82, 2.24) is 34.3 Å². The van der Waals surface area contributed by atoms with Gasteiger partial charge in [0.25, 0.3) is 11.8 Å². The van der Waals surface area contributed by atoms with Gasteiger partial charge in [0.2, 0.25) is 0 Å². The summed E-state index contributed by atoms with van der Waals surface area (Å²) >= 11 is 0.673. The molecule has 0 bridgehead atoms. The van der Waals surface area contributed by atoms with Crippen LogP contribution < -0.4 is 11.1 Å². The first-order valence-corrected chi connectivity index (χ1v) is 12.9. The van der Waals surface area contributed by atoms with Gasteiger partial charge < -0.3 is 11.1 Å². The maximum atomic E-state index is 13.8. The molecule has 5 rings (SSSR count). The van der Waals surface area contributed by atoms with Crippen molar-refractivity contribution in [3.8, 4) is 11.1 Å². The van der Waals surface area contributed by atoms with Crippen LogP contribution in [-0.4, -0.2) is 46.1 Å². The Morgan fingerprint density at radius 3 is 2.42 bits per heavy atom. The Labute approximate surface area is 229 Å². The molecule has 0 aliphatic rings. The number of fused-ring (bicyclic) bond motifs is 1. The standard InChI is InChI=1S/C25H24F3N9O2S/c1-5-35-10-16(14(4)33-35)15-9-18(25(26,27)28)30-24-19(15)20(21(40-24)22(29)38)31-23(39)17-6-7-36(34-17)11-37-13(3)8-12(2)32-37/h6-10H,5,11H2,1-4H3,(H2,29,38)(H,31,39). The zero-order valence-electron chi connectivity index (χ0n) is 21.9. The van der Waals surface area contributed by atoms with E-state index in [-0.39, 0.29) is 38.7 Å². The van der Waals surface area contributed by atoms with E-state index in [0.717, 1.165) is 17.5 Å².